The molecule has 1 amide bonds. The molecule has 162 valence electrons. The van der Waals surface area contributed by atoms with Gasteiger partial charge in [-0.25, -0.2) is 14.6 Å². The zero-order valence-electron chi connectivity index (χ0n) is 18.1. The molecule has 4 heterocycles. The third-order valence-electron chi connectivity index (χ3n) is 5.61. The van der Waals surface area contributed by atoms with Crippen molar-refractivity contribution in [3.8, 4) is 17.2 Å². The van der Waals surface area contributed by atoms with Gasteiger partial charge in [0.1, 0.15) is 0 Å². The molecule has 1 N–H and O–H groups in total. The maximum absolute atomic E-state index is 13.0. The summed E-state index contributed by atoms with van der Waals surface area (Å²) in [5.41, 5.74) is 4.64. The summed E-state index contributed by atoms with van der Waals surface area (Å²) < 4.78 is 1.74. The Labute approximate surface area is 190 Å². The monoisotopic (exact) mass is 444 g/mol. The lowest BCUT2D eigenvalue weighted by atomic mass is 10.1. The lowest BCUT2D eigenvalue weighted by Gasteiger charge is -2.09. The fraction of sp³-hybridized carbons (Fsp3) is 0.292. The second-order valence-corrected chi connectivity index (χ2v) is 9.52. The Balaban J connectivity index is 1.40. The largest absolute Gasteiger partial charge is 0.352 e. The molecule has 0 aromatic carbocycles. The van der Waals surface area contributed by atoms with E-state index in [0.717, 1.165) is 41.8 Å². The third-order valence-corrected chi connectivity index (χ3v) is 6.58. The summed E-state index contributed by atoms with van der Waals surface area (Å²) in [4.78, 5) is 28.7. The first-order chi connectivity index (χ1) is 15.6. The molecule has 1 fully saturated rings. The van der Waals surface area contributed by atoms with E-state index in [0.29, 0.717) is 24.0 Å². The number of carbonyl (C=O) groups excluding carboxylic acids is 1. The minimum Gasteiger partial charge on any atom is -0.352 e. The van der Waals surface area contributed by atoms with Crippen LogP contribution in [-0.4, -0.2) is 37.2 Å². The van der Waals surface area contributed by atoms with E-state index in [1.807, 2.05) is 18.2 Å². The predicted octanol–water partition coefficient (Wildman–Crippen LogP) is 4.25. The Morgan fingerprint density at radius 2 is 2.00 bits per heavy atom. The number of hydrogen-bond donors (Lipinski definition) is 1. The maximum atomic E-state index is 13.0. The summed E-state index contributed by atoms with van der Waals surface area (Å²) >= 11 is 1.76. The predicted molar refractivity (Wildman–Crippen MR) is 124 cm³/mol. The van der Waals surface area contributed by atoms with Gasteiger partial charge in [0, 0.05) is 46.4 Å². The molecule has 0 bridgehead atoms. The molecule has 32 heavy (non-hydrogen) atoms. The molecule has 0 unspecified atom stereocenters. The molecular formula is C24H24N6OS. The van der Waals surface area contributed by atoms with Crippen molar-refractivity contribution in [2.24, 2.45) is 0 Å². The number of nitrogens with one attached hydrogen (secondary N) is 1. The molecule has 1 saturated carbocycles. The van der Waals surface area contributed by atoms with Gasteiger partial charge in [0.05, 0.1) is 23.1 Å². The summed E-state index contributed by atoms with van der Waals surface area (Å²) in [6.45, 7) is 4.76. The van der Waals surface area contributed by atoms with E-state index in [1.165, 1.54) is 9.75 Å². The molecule has 0 atom stereocenters. The Kier molecular flexibility index (Phi) is 5.53. The van der Waals surface area contributed by atoms with Crippen LogP contribution >= 0.6 is 11.3 Å². The molecule has 0 spiro atoms. The Hall–Kier alpha value is -3.39. The van der Waals surface area contributed by atoms with Crippen LogP contribution in [0.2, 0.25) is 0 Å². The fourth-order valence-corrected chi connectivity index (χ4v) is 4.83. The zero-order chi connectivity index (χ0) is 22.1. The Morgan fingerprint density at radius 3 is 2.72 bits per heavy atom. The van der Waals surface area contributed by atoms with Crippen molar-refractivity contribution >= 4 is 17.2 Å². The van der Waals surface area contributed by atoms with Gasteiger partial charge in [0.2, 0.25) is 0 Å². The van der Waals surface area contributed by atoms with Crippen molar-refractivity contribution in [1.29, 1.82) is 0 Å². The number of nitrogens with zero attached hydrogens (tertiary/aromatic N) is 5. The highest BCUT2D eigenvalue weighted by molar-refractivity contribution is 7.12. The Morgan fingerprint density at radius 1 is 1.19 bits per heavy atom. The van der Waals surface area contributed by atoms with Crippen molar-refractivity contribution in [3.63, 3.8) is 0 Å². The highest BCUT2D eigenvalue weighted by Gasteiger charge is 2.33. The van der Waals surface area contributed by atoms with Crippen molar-refractivity contribution in [2.45, 2.75) is 39.0 Å². The number of hydrogen-bond acceptors (Lipinski definition) is 6. The van der Waals surface area contributed by atoms with Crippen LogP contribution in [0, 0.1) is 13.8 Å². The topological polar surface area (TPSA) is 85.6 Å². The number of rotatable bonds is 7. The van der Waals surface area contributed by atoms with Gasteiger partial charge >= 0.3 is 0 Å². The fourth-order valence-electron chi connectivity index (χ4n) is 3.89. The van der Waals surface area contributed by atoms with Crippen molar-refractivity contribution < 1.29 is 4.79 Å². The van der Waals surface area contributed by atoms with Crippen LogP contribution in [-0.2, 0) is 6.42 Å². The lowest BCUT2D eigenvalue weighted by molar-refractivity contribution is 0.0953. The van der Waals surface area contributed by atoms with Crippen LogP contribution in [0.25, 0.3) is 17.2 Å². The molecule has 1 aliphatic rings. The zero-order valence-corrected chi connectivity index (χ0v) is 18.9. The van der Waals surface area contributed by atoms with Crippen LogP contribution < -0.4 is 5.32 Å². The summed E-state index contributed by atoms with van der Waals surface area (Å²) in [6.07, 6.45) is 9.78. The van der Waals surface area contributed by atoms with Gasteiger partial charge in [-0.2, -0.15) is 5.10 Å². The summed E-state index contributed by atoms with van der Waals surface area (Å²) in [6, 6.07) is 7.99. The molecule has 5 rings (SSSR count). The third kappa shape index (κ3) is 4.18. The van der Waals surface area contributed by atoms with Crippen LogP contribution in [0.5, 0.6) is 0 Å². The van der Waals surface area contributed by atoms with E-state index in [4.69, 9.17) is 4.98 Å². The first-order valence-electron chi connectivity index (χ1n) is 10.8. The molecule has 4 aromatic rings. The number of pyridine rings is 1. The van der Waals surface area contributed by atoms with Gasteiger partial charge in [-0.3, -0.25) is 9.78 Å². The van der Waals surface area contributed by atoms with Gasteiger partial charge < -0.3 is 5.32 Å². The molecule has 0 radical (unpaired) electrons. The van der Waals surface area contributed by atoms with Gasteiger partial charge in [-0.15, -0.1) is 11.3 Å². The normalized spacial score (nSPS) is 13.3. The summed E-state index contributed by atoms with van der Waals surface area (Å²) in [5, 5.41) is 7.55. The number of aromatic nitrogens is 5. The van der Waals surface area contributed by atoms with Gasteiger partial charge in [-0.05, 0) is 62.9 Å². The molecule has 1 aliphatic carbocycles. The molecule has 8 heteroatoms. The van der Waals surface area contributed by atoms with Crippen LogP contribution in [0.15, 0.2) is 49.1 Å². The van der Waals surface area contributed by atoms with Crippen LogP contribution in [0.4, 0.5) is 0 Å². The maximum Gasteiger partial charge on any atom is 0.254 e. The van der Waals surface area contributed by atoms with Gasteiger partial charge in [0.25, 0.3) is 11.9 Å². The van der Waals surface area contributed by atoms with Crippen molar-refractivity contribution in [1.82, 2.24) is 30.0 Å². The second kappa shape index (κ2) is 8.63. The first-order valence-corrected chi connectivity index (χ1v) is 11.6. The van der Waals surface area contributed by atoms with E-state index < -0.39 is 0 Å². The average molecular weight is 445 g/mol. The summed E-state index contributed by atoms with van der Waals surface area (Å²) in [7, 11) is 0. The molecule has 4 aromatic heterocycles. The summed E-state index contributed by atoms with van der Waals surface area (Å²) in [5.74, 6) is 0.715. The number of amides is 1. The number of carbonyl (C=O) groups is 1. The molecule has 0 aliphatic heterocycles. The van der Waals surface area contributed by atoms with E-state index >= 15 is 0 Å². The minimum atomic E-state index is -0.104. The van der Waals surface area contributed by atoms with E-state index in [-0.39, 0.29) is 5.91 Å². The highest BCUT2D eigenvalue weighted by Crippen LogP contribution is 2.42. The average Bonchev–Trinajstić information content (AvgIpc) is 3.45. The van der Waals surface area contributed by atoms with E-state index in [1.54, 1.807) is 40.8 Å². The highest BCUT2D eigenvalue weighted by atomic mass is 32.1. The minimum absolute atomic E-state index is 0.104. The molecule has 0 saturated heterocycles. The van der Waals surface area contributed by atoms with Crippen LogP contribution in [0.1, 0.15) is 50.1 Å². The smallest absolute Gasteiger partial charge is 0.254 e. The second-order valence-electron chi connectivity index (χ2n) is 8.06. The standard InChI is InChI=1S/C24H24N6OS/c1-15-13-19(16(2)32-15)21-8-12-27-24(29-21)30-22(18-3-4-18)20(14-28-30)23(31)26-11-7-17-5-9-25-10-6-17/h5-6,8-10,12-14,18H,3-4,7,11H2,1-2H3,(H,26,31). The van der Waals surface area contributed by atoms with E-state index in [2.05, 4.69) is 40.3 Å². The van der Waals surface area contributed by atoms with Gasteiger partial charge in [-0.1, -0.05) is 0 Å². The number of aryl methyl sites for hydroxylation is 2. The Bertz CT molecular complexity index is 1260. The molecule has 7 nitrogen and oxygen atoms in total. The first kappa shape index (κ1) is 20.5. The number of thiophene rings is 1. The quantitative estimate of drug-likeness (QED) is 0.460. The SMILES string of the molecule is Cc1cc(-c2ccnc(-n3ncc(C(=O)NCCc4ccncc4)c3C3CC3)n2)c(C)s1. The molecular weight excluding hydrogens is 420 g/mol. The van der Waals surface area contributed by atoms with Crippen molar-refractivity contribution in [3.05, 3.63) is 75.6 Å². The lowest BCUT2D eigenvalue weighted by Crippen LogP contribution is -2.26. The van der Waals surface area contributed by atoms with Crippen LogP contribution in [0.3, 0.4) is 0 Å². The van der Waals surface area contributed by atoms with Crippen molar-refractivity contribution in [2.75, 3.05) is 6.54 Å². The van der Waals surface area contributed by atoms with Gasteiger partial charge in [0.15, 0.2) is 0 Å². The van der Waals surface area contributed by atoms with E-state index in [9.17, 15) is 4.79 Å².